The number of amides is 1. The van der Waals surface area contributed by atoms with Crippen molar-refractivity contribution in [2.45, 2.75) is 58.7 Å². The minimum absolute atomic E-state index is 0.119. The van der Waals surface area contributed by atoms with Gasteiger partial charge in [-0.1, -0.05) is 18.2 Å². The fourth-order valence-electron chi connectivity index (χ4n) is 3.67. The first kappa shape index (κ1) is 17.0. The molecule has 24 heavy (non-hydrogen) atoms. The molecule has 1 aliphatic heterocycles. The number of rotatable bonds is 3. The van der Waals surface area contributed by atoms with Crippen LogP contribution in [0.25, 0.3) is 10.9 Å². The lowest BCUT2D eigenvalue weighted by Gasteiger charge is -2.41. The topological polar surface area (TPSA) is 37.3 Å². The number of likely N-dealkylation sites (tertiary alicyclic amines) is 1. The summed E-state index contributed by atoms with van der Waals surface area (Å²) in [5.74, 6) is 0.119. The molecule has 1 fully saturated rings. The summed E-state index contributed by atoms with van der Waals surface area (Å²) in [4.78, 5) is 15.0. The van der Waals surface area contributed by atoms with Gasteiger partial charge in [0.25, 0.3) is 0 Å². The Bertz CT molecular complexity index is 718. The first-order valence-corrected chi connectivity index (χ1v) is 8.94. The number of hydrogen-bond acceptors (Lipinski definition) is 2. The van der Waals surface area contributed by atoms with Crippen molar-refractivity contribution in [1.82, 2.24) is 14.8 Å². The summed E-state index contributed by atoms with van der Waals surface area (Å²) in [6.45, 7) is 11.3. The van der Waals surface area contributed by atoms with Crippen LogP contribution in [0.3, 0.4) is 0 Å². The SMILES string of the molecule is Cc1cc2ccccc2n1CC(=O)NC1CCN(C(C)(C)C)CC1. The Morgan fingerprint density at radius 3 is 2.54 bits per heavy atom. The molecule has 0 bridgehead atoms. The summed E-state index contributed by atoms with van der Waals surface area (Å²) in [5, 5.41) is 4.43. The van der Waals surface area contributed by atoms with E-state index in [1.165, 1.54) is 5.39 Å². The van der Waals surface area contributed by atoms with E-state index in [2.05, 4.69) is 60.7 Å². The van der Waals surface area contributed by atoms with Crippen molar-refractivity contribution in [3.63, 3.8) is 0 Å². The van der Waals surface area contributed by atoms with Gasteiger partial charge >= 0.3 is 0 Å². The number of hydrogen-bond donors (Lipinski definition) is 1. The Morgan fingerprint density at radius 1 is 1.21 bits per heavy atom. The second kappa shape index (κ2) is 6.60. The Morgan fingerprint density at radius 2 is 1.88 bits per heavy atom. The summed E-state index contributed by atoms with van der Waals surface area (Å²) in [7, 11) is 0. The number of nitrogens with one attached hydrogen (secondary N) is 1. The van der Waals surface area contributed by atoms with Crippen LogP contribution in [-0.2, 0) is 11.3 Å². The van der Waals surface area contributed by atoms with Crippen molar-refractivity contribution in [3.05, 3.63) is 36.0 Å². The zero-order chi connectivity index (χ0) is 17.3. The minimum atomic E-state index is 0.119. The van der Waals surface area contributed by atoms with E-state index in [0.717, 1.165) is 37.1 Å². The summed E-state index contributed by atoms with van der Waals surface area (Å²) in [6, 6.07) is 10.7. The molecule has 0 spiro atoms. The smallest absolute Gasteiger partial charge is 0.240 e. The molecular weight excluding hydrogens is 298 g/mol. The number of benzene rings is 1. The predicted molar refractivity (Wildman–Crippen MR) is 99.2 cm³/mol. The third-order valence-corrected chi connectivity index (χ3v) is 5.13. The first-order valence-electron chi connectivity index (χ1n) is 8.94. The molecule has 1 N–H and O–H groups in total. The highest BCUT2D eigenvalue weighted by molar-refractivity contribution is 5.84. The van der Waals surface area contributed by atoms with Gasteiger partial charge in [0.2, 0.25) is 5.91 Å². The van der Waals surface area contributed by atoms with Crippen molar-refractivity contribution in [2.75, 3.05) is 13.1 Å². The van der Waals surface area contributed by atoms with Gasteiger partial charge in [0.1, 0.15) is 6.54 Å². The molecule has 0 atom stereocenters. The van der Waals surface area contributed by atoms with Gasteiger partial charge < -0.3 is 9.88 Å². The fourth-order valence-corrected chi connectivity index (χ4v) is 3.67. The Kier molecular flexibility index (Phi) is 4.68. The van der Waals surface area contributed by atoms with E-state index in [-0.39, 0.29) is 11.4 Å². The maximum Gasteiger partial charge on any atom is 0.240 e. The van der Waals surface area contributed by atoms with Crippen LogP contribution >= 0.6 is 0 Å². The molecule has 130 valence electrons. The molecule has 2 aromatic rings. The van der Waals surface area contributed by atoms with Crippen LogP contribution in [0.15, 0.2) is 30.3 Å². The summed E-state index contributed by atoms with van der Waals surface area (Å²) < 4.78 is 2.11. The van der Waals surface area contributed by atoms with E-state index in [0.29, 0.717) is 12.6 Å². The number of para-hydroxylation sites is 1. The number of carbonyl (C=O) groups excluding carboxylic acids is 1. The zero-order valence-electron chi connectivity index (χ0n) is 15.3. The molecule has 4 heteroatoms. The van der Waals surface area contributed by atoms with Crippen LogP contribution in [0, 0.1) is 6.92 Å². The van der Waals surface area contributed by atoms with Gasteiger partial charge in [0.05, 0.1) is 0 Å². The van der Waals surface area contributed by atoms with Gasteiger partial charge in [-0.15, -0.1) is 0 Å². The van der Waals surface area contributed by atoms with Crippen LogP contribution in [0.1, 0.15) is 39.3 Å². The summed E-state index contributed by atoms with van der Waals surface area (Å²) in [6.07, 6.45) is 2.07. The third kappa shape index (κ3) is 3.64. The van der Waals surface area contributed by atoms with E-state index in [9.17, 15) is 4.79 Å². The van der Waals surface area contributed by atoms with Crippen molar-refractivity contribution in [2.24, 2.45) is 0 Å². The second-order valence-electron chi connectivity index (χ2n) is 7.93. The van der Waals surface area contributed by atoms with Gasteiger partial charge in [0.15, 0.2) is 0 Å². The lowest BCUT2D eigenvalue weighted by atomic mass is 9.98. The lowest BCUT2D eigenvalue weighted by molar-refractivity contribution is -0.122. The number of fused-ring (bicyclic) bond motifs is 1. The normalized spacial score (nSPS) is 17.3. The molecule has 3 rings (SSSR count). The maximum atomic E-state index is 12.5. The van der Waals surface area contributed by atoms with Crippen LogP contribution in [0.4, 0.5) is 0 Å². The first-order chi connectivity index (χ1) is 11.3. The van der Waals surface area contributed by atoms with Gasteiger partial charge in [0, 0.05) is 35.9 Å². The van der Waals surface area contributed by atoms with Gasteiger partial charge in [-0.25, -0.2) is 0 Å². The van der Waals surface area contributed by atoms with Crippen LogP contribution in [0.2, 0.25) is 0 Å². The van der Waals surface area contributed by atoms with Crippen molar-refractivity contribution >= 4 is 16.8 Å². The molecule has 1 aromatic heterocycles. The Balaban J connectivity index is 1.59. The fraction of sp³-hybridized carbons (Fsp3) is 0.550. The van der Waals surface area contributed by atoms with Crippen molar-refractivity contribution in [1.29, 1.82) is 0 Å². The molecule has 0 aliphatic carbocycles. The largest absolute Gasteiger partial charge is 0.352 e. The average Bonchev–Trinajstić information content (AvgIpc) is 2.83. The average molecular weight is 327 g/mol. The monoisotopic (exact) mass is 327 g/mol. The number of piperidine rings is 1. The maximum absolute atomic E-state index is 12.5. The number of nitrogens with zero attached hydrogens (tertiary/aromatic N) is 2. The van der Waals surface area contributed by atoms with E-state index in [1.54, 1.807) is 0 Å². The summed E-state index contributed by atoms with van der Waals surface area (Å²) >= 11 is 0. The quantitative estimate of drug-likeness (QED) is 0.939. The number of aromatic nitrogens is 1. The molecule has 2 heterocycles. The van der Waals surface area contributed by atoms with Crippen molar-refractivity contribution in [3.8, 4) is 0 Å². The lowest BCUT2D eigenvalue weighted by Crippen LogP contribution is -2.51. The standard InChI is InChI=1S/C20H29N3O/c1-15-13-16-7-5-6-8-18(16)23(15)14-19(24)21-17-9-11-22(12-10-17)20(2,3)4/h5-8,13,17H,9-12,14H2,1-4H3,(H,21,24). The number of carbonyl (C=O) groups is 1. The van der Waals surface area contributed by atoms with Crippen LogP contribution < -0.4 is 5.32 Å². The number of aryl methyl sites for hydroxylation is 1. The van der Waals surface area contributed by atoms with E-state index in [4.69, 9.17) is 0 Å². The predicted octanol–water partition coefficient (Wildman–Crippen LogP) is 3.33. The summed E-state index contributed by atoms with van der Waals surface area (Å²) in [5.41, 5.74) is 2.48. The Hall–Kier alpha value is -1.81. The molecule has 1 aromatic carbocycles. The highest BCUT2D eigenvalue weighted by Gasteiger charge is 2.27. The molecule has 1 saturated heterocycles. The van der Waals surface area contributed by atoms with Gasteiger partial charge in [-0.3, -0.25) is 9.69 Å². The minimum Gasteiger partial charge on any atom is -0.352 e. The van der Waals surface area contributed by atoms with E-state index < -0.39 is 0 Å². The Labute approximate surface area is 144 Å². The molecule has 0 saturated carbocycles. The molecule has 1 amide bonds. The highest BCUT2D eigenvalue weighted by atomic mass is 16.2. The van der Waals surface area contributed by atoms with Gasteiger partial charge in [-0.05, 0) is 58.1 Å². The third-order valence-electron chi connectivity index (χ3n) is 5.13. The van der Waals surface area contributed by atoms with Crippen molar-refractivity contribution < 1.29 is 4.79 Å². The molecule has 0 radical (unpaired) electrons. The van der Waals surface area contributed by atoms with Gasteiger partial charge in [-0.2, -0.15) is 0 Å². The molecular formula is C20H29N3O. The highest BCUT2D eigenvalue weighted by Crippen LogP contribution is 2.21. The van der Waals surface area contributed by atoms with Crippen LogP contribution in [-0.4, -0.2) is 40.0 Å². The zero-order valence-corrected chi connectivity index (χ0v) is 15.3. The molecule has 0 unspecified atom stereocenters. The second-order valence-corrected chi connectivity index (χ2v) is 7.93. The van der Waals surface area contributed by atoms with E-state index in [1.807, 2.05) is 12.1 Å². The molecule has 1 aliphatic rings. The molecule has 4 nitrogen and oxygen atoms in total. The van der Waals surface area contributed by atoms with E-state index >= 15 is 0 Å². The van der Waals surface area contributed by atoms with Crippen LogP contribution in [0.5, 0.6) is 0 Å².